The topological polar surface area (TPSA) is 77.5 Å². The molecule has 0 aliphatic carbocycles. The smallest absolute Gasteiger partial charge is 0.164 e. The number of hydrogen-bond acceptors (Lipinski definition) is 6. The van der Waals surface area contributed by atoms with E-state index in [0.717, 1.165) is 54.5 Å². The van der Waals surface area contributed by atoms with Gasteiger partial charge in [-0.15, -0.1) is 0 Å². The van der Waals surface area contributed by atoms with Gasteiger partial charge in [0.05, 0.1) is 29.3 Å². The van der Waals surface area contributed by atoms with Crippen molar-refractivity contribution in [2.24, 2.45) is 4.99 Å². The first-order chi connectivity index (χ1) is 16.0. The quantitative estimate of drug-likeness (QED) is 0.292. The van der Waals surface area contributed by atoms with Gasteiger partial charge in [-0.05, 0) is 43.7 Å². The fourth-order valence-electron chi connectivity index (χ4n) is 3.70. The molecule has 170 valence electrons. The van der Waals surface area contributed by atoms with E-state index < -0.39 is 5.83 Å². The van der Waals surface area contributed by atoms with Gasteiger partial charge in [0.15, 0.2) is 5.83 Å². The number of nitrogens with zero attached hydrogens (tertiary/aromatic N) is 4. The molecule has 0 atom stereocenters. The molecule has 0 saturated carbocycles. The van der Waals surface area contributed by atoms with Crippen molar-refractivity contribution < 1.29 is 4.39 Å². The zero-order valence-electron chi connectivity index (χ0n) is 18.9. The highest BCUT2D eigenvalue weighted by Crippen LogP contribution is 2.25. The van der Waals surface area contributed by atoms with Crippen molar-refractivity contribution in [2.75, 3.05) is 41.7 Å². The van der Waals surface area contributed by atoms with Crippen LogP contribution in [0.15, 0.2) is 78.0 Å². The largest absolute Gasteiger partial charge is 0.369 e. The maximum Gasteiger partial charge on any atom is 0.164 e. The first-order valence-electron chi connectivity index (χ1n) is 10.9. The summed E-state index contributed by atoms with van der Waals surface area (Å²) in [5.41, 5.74) is 4.59. The van der Waals surface area contributed by atoms with E-state index in [1.807, 2.05) is 37.3 Å². The van der Waals surface area contributed by atoms with Crippen LogP contribution in [0.3, 0.4) is 0 Å². The predicted molar refractivity (Wildman–Crippen MR) is 134 cm³/mol. The average Bonchev–Trinajstić information content (AvgIpc) is 2.84. The number of benzene rings is 2. The molecule has 8 heteroatoms. The monoisotopic (exact) mass is 445 g/mol. The lowest BCUT2D eigenvalue weighted by molar-refractivity contribution is 0.589. The van der Waals surface area contributed by atoms with Crippen LogP contribution < -0.4 is 20.9 Å². The molecule has 1 fully saturated rings. The number of rotatable bonds is 6. The summed E-state index contributed by atoms with van der Waals surface area (Å²) in [6.07, 6.45) is 2.70. The molecule has 2 heterocycles. The van der Waals surface area contributed by atoms with Crippen molar-refractivity contribution >= 4 is 33.8 Å². The van der Waals surface area contributed by atoms with Crippen molar-refractivity contribution in [2.45, 2.75) is 13.8 Å². The number of aromatic nitrogens is 2. The summed E-state index contributed by atoms with van der Waals surface area (Å²) >= 11 is 0. The van der Waals surface area contributed by atoms with Crippen molar-refractivity contribution in [3.05, 3.63) is 78.5 Å². The summed E-state index contributed by atoms with van der Waals surface area (Å²) in [5, 5.41) is 18.5. The highest BCUT2D eigenvalue weighted by molar-refractivity contribution is 5.94. The van der Waals surface area contributed by atoms with Crippen LogP contribution in [0.4, 0.5) is 21.5 Å². The Bertz CT molecular complexity index is 1200. The van der Waals surface area contributed by atoms with Gasteiger partial charge < -0.3 is 20.9 Å². The second-order valence-electron chi connectivity index (χ2n) is 7.93. The minimum absolute atomic E-state index is 0.0998. The number of aliphatic imine (C=N–C) groups is 1. The van der Waals surface area contributed by atoms with Gasteiger partial charge >= 0.3 is 0 Å². The van der Waals surface area contributed by atoms with Gasteiger partial charge in [0.1, 0.15) is 5.84 Å². The number of fused-ring (bicyclic) bond motifs is 1. The number of allylic oxidation sites excluding steroid dienone is 1. The zero-order chi connectivity index (χ0) is 23.2. The van der Waals surface area contributed by atoms with Crippen molar-refractivity contribution in [3.8, 4) is 0 Å². The normalized spacial score (nSPS) is 14.9. The van der Waals surface area contributed by atoms with Crippen LogP contribution in [0.1, 0.15) is 12.5 Å². The van der Waals surface area contributed by atoms with Gasteiger partial charge in [0.2, 0.25) is 0 Å². The van der Waals surface area contributed by atoms with E-state index in [9.17, 15) is 4.39 Å². The molecule has 0 spiro atoms. The molecule has 4 rings (SSSR count). The molecule has 3 N–H and O–H groups in total. The Morgan fingerprint density at radius 2 is 1.91 bits per heavy atom. The molecule has 3 aromatic rings. The predicted octanol–water partition coefficient (Wildman–Crippen LogP) is 4.61. The highest BCUT2D eigenvalue weighted by atomic mass is 19.1. The lowest BCUT2D eigenvalue weighted by Crippen LogP contribution is -2.43. The lowest BCUT2D eigenvalue weighted by Gasteiger charge is -2.29. The Hall–Kier alpha value is -3.78. The molecule has 0 unspecified atom stereocenters. The van der Waals surface area contributed by atoms with E-state index in [0.29, 0.717) is 11.5 Å². The third-order valence-electron chi connectivity index (χ3n) is 5.49. The van der Waals surface area contributed by atoms with E-state index in [4.69, 9.17) is 0 Å². The fourth-order valence-corrected chi connectivity index (χ4v) is 3.70. The number of nitrogens with one attached hydrogen (secondary N) is 3. The third-order valence-corrected chi connectivity index (χ3v) is 5.49. The molecule has 1 aromatic heterocycles. The van der Waals surface area contributed by atoms with E-state index in [1.165, 1.54) is 5.69 Å². The van der Waals surface area contributed by atoms with Gasteiger partial charge in [-0.3, -0.25) is 0 Å². The number of hydrogen-bond donors (Lipinski definition) is 3. The Kier molecular flexibility index (Phi) is 6.95. The van der Waals surface area contributed by atoms with Gasteiger partial charge in [0, 0.05) is 42.9 Å². The highest BCUT2D eigenvalue weighted by Gasteiger charge is 2.10. The summed E-state index contributed by atoms with van der Waals surface area (Å²) in [7, 11) is 0. The van der Waals surface area contributed by atoms with Gasteiger partial charge in [0.25, 0.3) is 0 Å². The molecule has 33 heavy (non-hydrogen) atoms. The average molecular weight is 446 g/mol. The maximum atomic E-state index is 14.6. The van der Waals surface area contributed by atoms with Crippen LogP contribution in [0, 0.1) is 6.92 Å². The SMILES string of the molecule is C=C(Nc1cnnc2c(C)cccc12)/C(F)=C\N=C(C)Nc1ccc(N2CCNCC2)cc1. The molecule has 1 saturated heterocycles. The van der Waals surface area contributed by atoms with Gasteiger partial charge in [-0.1, -0.05) is 24.8 Å². The Morgan fingerprint density at radius 3 is 2.67 bits per heavy atom. The third kappa shape index (κ3) is 5.53. The van der Waals surface area contributed by atoms with E-state index in [-0.39, 0.29) is 5.70 Å². The molecule has 0 amide bonds. The molecule has 0 bridgehead atoms. The van der Waals surface area contributed by atoms with Crippen molar-refractivity contribution in [1.82, 2.24) is 15.5 Å². The second kappa shape index (κ2) is 10.2. The first kappa shape index (κ1) is 22.4. The summed E-state index contributed by atoms with van der Waals surface area (Å²) in [4.78, 5) is 6.54. The standard InChI is InChI=1S/C25H28FN7/c1-17-5-4-6-22-24(16-29-32-25(17)22)30-18(2)23(26)15-28-19(3)31-20-7-9-21(10-8-20)33-13-11-27-12-14-33/h4-10,15-16,27H,2,11-14H2,1,3H3,(H,28,31)(H,30,32)/b23-15+. The van der Waals surface area contributed by atoms with Crippen LogP contribution >= 0.6 is 0 Å². The van der Waals surface area contributed by atoms with Crippen LogP contribution in [0.5, 0.6) is 0 Å². The summed E-state index contributed by atoms with van der Waals surface area (Å²) in [6.45, 7) is 11.5. The summed E-state index contributed by atoms with van der Waals surface area (Å²) < 4.78 is 14.6. The molecule has 1 aliphatic rings. The first-order valence-corrected chi connectivity index (χ1v) is 10.9. The Morgan fingerprint density at radius 1 is 1.15 bits per heavy atom. The minimum atomic E-state index is -0.567. The number of halogens is 1. The summed E-state index contributed by atoms with van der Waals surface area (Å²) in [6, 6.07) is 14.0. The second-order valence-corrected chi connectivity index (χ2v) is 7.93. The number of aryl methyl sites for hydroxylation is 1. The fraction of sp³-hybridized carbons (Fsp3) is 0.240. The van der Waals surface area contributed by atoms with Crippen LogP contribution in [0.2, 0.25) is 0 Å². The minimum Gasteiger partial charge on any atom is -0.369 e. The molecular formula is C25H28FN7. The number of piperazine rings is 1. The van der Waals surface area contributed by atoms with Crippen LogP contribution in [-0.2, 0) is 0 Å². The molecule has 7 nitrogen and oxygen atoms in total. The number of anilines is 3. The maximum absolute atomic E-state index is 14.6. The molecular weight excluding hydrogens is 417 g/mol. The van der Waals surface area contributed by atoms with Gasteiger partial charge in [-0.25, -0.2) is 9.38 Å². The Labute approximate surface area is 193 Å². The molecule has 1 aliphatic heterocycles. The van der Waals surface area contributed by atoms with E-state index in [2.05, 4.69) is 54.8 Å². The van der Waals surface area contributed by atoms with Crippen molar-refractivity contribution in [3.63, 3.8) is 0 Å². The molecule has 0 radical (unpaired) electrons. The van der Waals surface area contributed by atoms with Crippen LogP contribution in [0.25, 0.3) is 10.9 Å². The number of amidine groups is 1. The molecule has 2 aromatic carbocycles. The summed E-state index contributed by atoms with van der Waals surface area (Å²) in [5.74, 6) is 0.00217. The zero-order valence-corrected chi connectivity index (χ0v) is 18.9. The van der Waals surface area contributed by atoms with E-state index in [1.54, 1.807) is 13.1 Å². The van der Waals surface area contributed by atoms with Crippen LogP contribution in [-0.4, -0.2) is 42.2 Å². The Balaban J connectivity index is 1.39. The van der Waals surface area contributed by atoms with Crippen molar-refractivity contribution in [1.29, 1.82) is 0 Å². The lowest BCUT2D eigenvalue weighted by atomic mass is 10.1. The van der Waals surface area contributed by atoms with Gasteiger partial charge in [-0.2, -0.15) is 10.2 Å². The van der Waals surface area contributed by atoms with E-state index >= 15 is 0 Å².